The van der Waals surface area contributed by atoms with Crippen LogP contribution in [0.25, 0.3) is 10.9 Å². The second kappa shape index (κ2) is 4.61. The van der Waals surface area contributed by atoms with Gasteiger partial charge in [-0.05, 0) is 35.6 Å². The van der Waals surface area contributed by atoms with Crippen molar-refractivity contribution in [3.05, 3.63) is 29.0 Å². The van der Waals surface area contributed by atoms with Gasteiger partial charge in [-0.15, -0.1) is 0 Å². The molecule has 0 unspecified atom stereocenters. The van der Waals surface area contributed by atoms with Crippen LogP contribution in [0.1, 0.15) is 58.4 Å². The van der Waals surface area contributed by atoms with Crippen LogP contribution in [0, 0.1) is 6.92 Å². The highest BCUT2D eigenvalue weighted by atomic mass is 16.7. The van der Waals surface area contributed by atoms with Crippen molar-refractivity contribution in [1.29, 1.82) is 0 Å². The average Bonchev–Trinajstić information content (AvgIpc) is 2.85. The molecule has 22 heavy (non-hydrogen) atoms. The Morgan fingerprint density at radius 1 is 0.909 bits per heavy atom. The van der Waals surface area contributed by atoms with Crippen molar-refractivity contribution in [2.45, 2.75) is 59.3 Å². The van der Waals surface area contributed by atoms with Crippen LogP contribution >= 0.6 is 0 Å². The van der Waals surface area contributed by atoms with Crippen LogP contribution in [0.4, 0.5) is 0 Å². The van der Waals surface area contributed by atoms with Gasteiger partial charge in [0, 0.05) is 16.5 Å². The van der Waals surface area contributed by atoms with Crippen molar-refractivity contribution < 1.29 is 9.47 Å². The minimum atomic E-state index is -0.00851. The van der Waals surface area contributed by atoms with E-state index >= 15 is 0 Å². The quantitative estimate of drug-likeness (QED) is 0.695. The Morgan fingerprint density at radius 3 is 2.14 bits per heavy atom. The minimum Gasteiger partial charge on any atom is -0.453 e. The first kappa shape index (κ1) is 15.1. The lowest BCUT2D eigenvalue weighted by Crippen LogP contribution is -2.18. The van der Waals surface area contributed by atoms with Crippen molar-refractivity contribution in [3.8, 4) is 11.5 Å². The van der Waals surface area contributed by atoms with Crippen LogP contribution in [-0.4, -0.2) is 11.8 Å². The monoisotopic (exact) mass is 299 g/mol. The third-order valence-electron chi connectivity index (χ3n) is 4.18. The van der Waals surface area contributed by atoms with E-state index < -0.39 is 0 Å². The average molecular weight is 299 g/mol. The standard InChI is InChI=1S/C19H25NO2/c1-11-8-12-13(18(2,3)4)9-14(19(5,6)7)20-15(12)17-16(11)21-10-22-17/h8-9H,10H2,1-7H3. The molecule has 0 bridgehead atoms. The molecular formula is C19H25NO2. The van der Waals surface area contributed by atoms with Gasteiger partial charge >= 0.3 is 0 Å². The van der Waals surface area contributed by atoms with E-state index in [4.69, 9.17) is 14.5 Å². The van der Waals surface area contributed by atoms with Crippen molar-refractivity contribution in [2.75, 3.05) is 6.79 Å². The molecule has 3 nitrogen and oxygen atoms in total. The Morgan fingerprint density at radius 2 is 1.55 bits per heavy atom. The molecule has 1 aliphatic rings. The molecule has 0 radical (unpaired) electrons. The molecule has 0 fully saturated rings. The maximum absolute atomic E-state index is 5.74. The SMILES string of the molecule is Cc1cc2c(C(C)(C)C)cc(C(C)(C)C)nc2c2c1OCO2. The summed E-state index contributed by atoms with van der Waals surface area (Å²) in [5.74, 6) is 1.64. The minimum absolute atomic E-state index is 0.00851. The highest BCUT2D eigenvalue weighted by molar-refractivity contribution is 5.92. The molecule has 3 heteroatoms. The van der Waals surface area contributed by atoms with Crippen molar-refractivity contribution >= 4 is 10.9 Å². The summed E-state index contributed by atoms with van der Waals surface area (Å²) < 4.78 is 11.4. The smallest absolute Gasteiger partial charge is 0.231 e. The highest BCUT2D eigenvalue weighted by Gasteiger charge is 2.28. The Bertz CT molecular complexity index is 749. The predicted molar refractivity (Wildman–Crippen MR) is 90.0 cm³/mol. The fraction of sp³-hybridized carbons (Fsp3) is 0.526. The molecule has 2 aromatic rings. The molecule has 0 amide bonds. The van der Waals surface area contributed by atoms with Gasteiger partial charge < -0.3 is 9.47 Å². The van der Waals surface area contributed by atoms with Gasteiger partial charge in [-0.3, -0.25) is 0 Å². The lowest BCUT2D eigenvalue weighted by molar-refractivity contribution is 0.174. The lowest BCUT2D eigenvalue weighted by atomic mass is 9.81. The molecule has 0 spiro atoms. The molecular weight excluding hydrogens is 274 g/mol. The van der Waals surface area contributed by atoms with Gasteiger partial charge in [-0.25, -0.2) is 4.98 Å². The molecule has 0 atom stereocenters. The Kier molecular flexibility index (Phi) is 3.17. The third-order valence-corrected chi connectivity index (χ3v) is 4.18. The number of ether oxygens (including phenoxy) is 2. The molecule has 0 saturated heterocycles. The molecule has 2 heterocycles. The molecule has 1 aliphatic heterocycles. The fourth-order valence-electron chi connectivity index (χ4n) is 2.91. The number of hydrogen-bond acceptors (Lipinski definition) is 3. The van der Waals surface area contributed by atoms with Gasteiger partial charge in [0.15, 0.2) is 11.5 Å². The number of pyridine rings is 1. The van der Waals surface area contributed by atoms with Crippen molar-refractivity contribution in [1.82, 2.24) is 4.98 Å². The lowest BCUT2D eigenvalue weighted by Gasteiger charge is -2.26. The van der Waals surface area contributed by atoms with Crippen LogP contribution < -0.4 is 9.47 Å². The summed E-state index contributed by atoms with van der Waals surface area (Å²) >= 11 is 0. The molecule has 0 N–H and O–H groups in total. The van der Waals surface area contributed by atoms with E-state index in [1.807, 2.05) is 0 Å². The summed E-state index contributed by atoms with van der Waals surface area (Å²) in [6, 6.07) is 4.44. The molecule has 1 aromatic carbocycles. The summed E-state index contributed by atoms with van der Waals surface area (Å²) in [6.07, 6.45) is 0. The maximum atomic E-state index is 5.74. The number of aryl methyl sites for hydroxylation is 1. The van der Waals surface area contributed by atoms with E-state index in [1.54, 1.807) is 0 Å². The van der Waals surface area contributed by atoms with E-state index in [0.717, 1.165) is 28.3 Å². The molecule has 118 valence electrons. The van der Waals surface area contributed by atoms with Gasteiger partial charge in [0.25, 0.3) is 0 Å². The summed E-state index contributed by atoms with van der Waals surface area (Å²) in [6.45, 7) is 15.7. The first-order chi connectivity index (χ1) is 10.1. The third kappa shape index (κ3) is 2.33. The second-order valence-electron chi connectivity index (χ2n) is 8.21. The van der Waals surface area contributed by atoms with Gasteiger partial charge in [0.1, 0.15) is 5.52 Å². The van der Waals surface area contributed by atoms with Crippen LogP contribution in [0.3, 0.4) is 0 Å². The Labute approximate surface area is 132 Å². The first-order valence-corrected chi connectivity index (χ1v) is 7.84. The highest BCUT2D eigenvalue weighted by Crippen LogP contribution is 2.44. The van der Waals surface area contributed by atoms with E-state index in [-0.39, 0.29) is 17.6 Å². The number of nitrogens with zero attached hydrogens (tertiary/aromatic N) is 1. The van der Waals surface area contributed by atoms with E-state index in [0.29, 0.717) is 0 Å². The summed E-state index contributed by atoms with van der Waals surface area (Å²) in [7, 11) is 0. The zero-order chi connectivity index (χ0) is 16.3. The summed E-state index contributed by atoms with van der Waals surface area (Å²) in [5.41, 5.74) is 4.47. The molecule has 1 aromatic heterocycles. The zero-order valence-corrected chi connectivity index (χ0v) is 14.6. The van der Waals surface area contributed by atoms with E-state index in [9.17, 15) is 0 Å². The summed E-state index contributed by atoms with van der Waals surface area (Å²) in [5, 5.41) is 1.17. The maximum Gasteiger partial charge on any atom is 0.231 e. The topological polar surface area (TPSA) is 31.4 Å². The largest absolute Gasteiger partial charge is 0.453 e. The number of fused-ring (bicyclic) bond motifs is 3. The zero-order valence-electron chi connectivity index (χ0n) is 14.6. The van der Waals surface area contributed by atoms with Crippen LogP contribution in [-0.2, 0) is 10.8 Å². The van der Waals surface area contributed by atoms with E-state index in [1.165, 1.54) is 10.9 Å². The van der Waals surface area contributed by atoms with Gasteiger partial charge in [0.2, 0.25) is 6.79 Å². The van der Waals surface area contributed by atoms with Crippen LogP contribution in [0.2, 0.25) is 0 Å². The first-order valence-electron chi connectivity index (χ1n) is 7.84. The van der Waals surface area contributed by atoms with Crippen LogP contribution in [0.15, 0.2) is 12.1 Å². The summed E-state index contributed by atoms with van der Waals surface area (Å²) in [4.78, 5) is 4.93. The molecule has 0 aliphatic carbocycles. The Hall–Kier alpha value is -1.77. The fourth-order valence-corrected chi connectivity index (χ4v) is 2.91. The number of aromatic nitrogens is 1. The van der Waals surface area contributed by atoms with Crippen molar-refractivity contribution in [3.63, 3.8) is 0 Å². The van der Waals surface area contributed by atoms with Gasteiger partial charge in [0.05, 0.1) is 0 Å². The predicted octanol–water partition coefficient (Wildman–Crippen LogP) is 4.87. The van der Waals surface area contributed by atoms with Crippen LogP contribution in [0.5, 0.6) is 11.5 Å². The number of benzene rings is 1. The van der Waals surface area contributed by atoms with Gasteiger partial charge in [-0.1, -0.05) is 41.5 Å². The van der Waals surface area contributed by atoms with E-state index in [2.05, 4.69) is 60.6 Å². The second-order valence-corrected chi connectivity index (χ2v) is 8.21. The Balaban J connectivity index is 2.44. The van der Waals surface area contributed by atoms with Crippen molar-refractivity contribution in [2.24, 2.45) is 0 Å². The van der Waals surface area contributed by atoms with Gasteiger partial charge in [-0.2, -0.15) is 0 Å². The molecule has 0 saturated carbocycles. The molecule has 3 rings (SSSR count). The normalized spacial score (nSPS) is 14.7. The number of rotatable bonds is 0. The number of hydrogen-bond donors (Lipinski definition) is 0.